The molecular formula is C42H19BF16P-. The van der Waals surface area contributed by atoms with Crippen LogP contribution >= 0.6 is 7.92 Å². The van der Waals surface area contributed by atoms with Crippen LogP contribution < -0.4 is 37.8 Å². The van der Waals surface area contributed by atoms with Crippen LogP contribution in [0.5, 0.6) is 0 Å². The molecule has 0 aromatic heterocycles. The smallest absolute Gasteiger partial charge is 0.191 e. The van der Waals surface area contributed by atoms with Crippen molar-refractivity contribution in [3.63, 3.8) is 0 Å². The Bertz CT molecular complexity index is 2380. The van der Waals surface area contributed by atoms with Crippen LogP contribution in [0.25, 0.3) is 0 Å². The van der Waals surface area contributed by atoms with Crippen molar-refractivity contribution < 1.29 is 70.2 Å². The van der Waals surface area contributed by atoms with Gasteiger partial charge in [-0.15, -0.1) is 21.9 Å². The van der Waals surface area contributed by atoms with E-state index in [4.69, 9.17) is 0 Å². The molecule has 0 fully saturated rings. The summed E-state index contributed by atoms with van der Waals surface area (Å²) >= 11 is 0. The van der Waals surface area contributed by atoms with Gasteiger partial charge >= 0.3 is 0 Å². The maximum Gasteiger partial charge on any atom is 0.191 e. The molecule has 0 unspecified atom stereocenters. The van der Waals surface area contributed by atoms with E-state index in [2.05, 4.69) is 91.0 Å². The predicted octanol–water partition coefficient (Wildman–Crippen LogP) is 8.73. The predicted molar refractivity (Wildman–Crippen MR) is 195 cm³/mol. The molecule has 0 aliphatic carbocycles. The molecule has 7 aromatic carbocycles. The first-order valence-corrected chi connectivity index (χ1v) is 18.2. The van der Waals surface area contributed by atoms with Crippen molar-refractivity contribution in [2.45, 2.75) is 0 Å². The lowest BCUT2D eigenvalue weighted by molar-refractivity contribution is 0.434. The zero-order valence-electron chi connectivity index (χ0n) is 29.5. The van der Waals surface area contributed by atoms with Gasteiger partial charge < -0.3 is 0 Å². The molecule has 0 saturated carbocycles. The fourth-order valence-electron chi connectivity index (χ4n) is 6.95. The average molecular weight is 869 g/mol. The van der Waals surface area contributed by atoms with Gasteiger partial charge in [0, 0.05) is 24.3 Å². The third-order valence-corrected chi connectivity index (χ3v) is 11.8. The number of halogens is 16. The SMILES string of the molecule is Fc1cc(F)c([B-](c2c(F)cc(F)c(F)c2F)(c2c(F)cc(F)c(F)c2F)c2c(F)cc(F)c(F)c2F)c(F)c1F.c1ccc(P(c2ccccc2)c2ccccc2)cc1. The molecule has 7 rings (SSSR count). The molecule has 0 aliphatic rings. The minimum Gasteiger partial charge on any atom is -0.210 e. The highest BCUT2D eigenvalue weighted by Crippen LogP contribution is 2.32. The maximum absolute atomic E-state index is 15.3. The molecular weight excluding hydrogens is 850 g/mol. The summed E-state index contributed by atoms with van der Waals surface area (Å²) in [5.41, 5.74) is -10.9. The van der Waals surface area contributed by atoms with Crippen molar-refractivity contribution in [3.8, 4) is 0 Å². The zero-order valence-corrected chi connectivity index (χ0v) is 30.4. The summed E-state index contributed by atoms with van der Waals surface area (Å²) < 4.78 is 235. The molecule has 7 aromatic rings. The lowest BCUT2D eigenvalue weighted by Crippen LogP contribution is -2.80. The molecule has 0 heterocycles. The molecule has 18 heteroatoms. The van der Waals surface area contributed by atoms with Crippen molar-refractivity contribution in [2.24, 2.45) is 0 Å². The summed E-state index contributed by atoms with van der Waals surface area (Å²) in [5, 5.41) is 4.19. The van der Waals surface area contributed by atoms with E-state index in [1.165, 1.54) is 15.9 Å². The minimum absolute atomic E-state index is 0.446. The summed E-state index contributed by atoms with van der Waals surface area (Å²) in [7, 11) is -0.446. The second-order valence-corrected chi connectivity index (χ2v) is 15.0. The second kappa shape index (κ2) is 17.3. The number of rotatable bonds is 7. The Kier molecular flexibility index (Phi) is 12.5. The van der Waals surface area contributed by atoms with Crippen LogP contribution in [0.1, 0.15) is 0 Å². The first-order valence-electron chi connectivity index (χ1n) is 16.9. The largest absolute Gasteiger partial charge is 0.210 e. The Morgan fingerprint density at radius 2 is 0.450 bits per heavy atom. The Morgan fingerprint density at radius 1 is 0.250 bits per heavy atom. The van der Waals surface area contributed by atoms with Crippen molar-refractivity contribution in [1.82, 2.24) is 0 Å². The van der Waals surface area contributed by atoms with E-state index in [0.717, 1.165) is 0 Å². The van der Waals surface area contributed by atoms with Gasteiger partial charge in [-0.3, -0.25) is 0 Å². The Morgan fingerprint density at radius 3 is 0.650 bits per heavy atom. The van der Waals surface area contributed by atoms with E-state index in [9.17, 15) is 35.1 Å². The van der Waals surface area contributed by atoms with E-state index in [0.29, 0.717) is 0 Å². The third kappa shape index (κ3) is 7.50. The van der Waals surface area contributed by atoms with Crippen molar-refractivity contribution >= 4 is 51.8 Å². The zero-order chi connectivity index (χ0) is 43.8. The normalized spacial score (nSPS) is 11.5. The van der Waals surface area contributed by atoms with Gasteiger partial charge in [0.2, 0.25) is 0 Å². The van der Waals surface area contributed by atoms with Crippen LogP contribution in [-0.4, -0.2) is 6.15 Å². The summed E-state index contributed by atoms with van der Waals surface area (Å²) in [6.45, 7) is 0. The van der Waals surface area contributed by atoms with E-state index >= 15 is 35.1 Å². The third-order valence-electron chi connectivity index (χ3n) is 9.37. The molecule has 0 radical (unpaired) electrons. The van der Waals surface area contributed by atoms with Crippen LogP contribution in [0.4, 0.5) is 70.2 Å². The molecule has 0 atom stereocenters. The van der Waals surface area contributed by atoms with Crippen molar-refractivity contribution in [2.75, 3.05) is 0 Å². The maximum atomic E-state index is 15.3. The van der Waals surface area contributed by atoms with Crippen LogP contribution in [0.15, 0.2) is 115 Å². The minimum atomic E-state index is -6.18. The lowest BCUT2D eigenvalue weighted by atomic mass is 9.12. The van der Waals surface area contributed by atoms with Gasteiger partial charge in [0.05, 0.1) is 23.3 Å². The first-order chi connectivity index (χ1) is 28.4. The van der Waals surface area contributed by atoms with Gasteiger partial charge in [0.15, 0.2) is 46.5 Å². The van der Waals surface area contributed by atoms with E-state index < -0.39 is 153 Å². The summed E-state index contributed by atoms with van der Waals surface area (Å²) in [5.74, 6) is -45.1. The molecule has 0 nitrogen and oxygen atoms in total. The molecule has 0 amide bonds. The highest BCUT2D eigenvalue weighted by Gasteiger charge is 2.49. The van der Waals surface area contributed by atoms with Gasteiger partial charge in [-0.1, -0.05) is 91.0 Å². The lowest BCUT2D eigenvalue weighted by Gasteiger charge is -2.44. The van der Waals surface area contributed by atoms with E-state index in [1.807, 2.05) is 0 Å². The van der Waals surface area contributed by atoms with Crippen LogP contribution in [-0.2, 0) is 0 Å². The van der Waals surface area contributed by atoms with Crippen LogP contribution in [0, 0.1) is 93.1 Å². The number of benzene rings is 7. The van der Waals surface area contributed by atoms with E-state index in [-0.39, 0.29) is 0 Å². The molecule has 308 valence electrons. The Balaban J connectivity index is 0.000000263. The van der Waals surface area contributed by atoms with Crippen molar-refractivity contribution in [1.29, 1.82) is 0 Å². The topological polar surface area (TPSA) is 0 Å². The van der Waals surface area contributed by atoms with Gasteiger partial charge in [-0.2, -0.15) is 0 Å². The molecule has 0 bridgehead atoms. The summed E-state index contributed by atoms with van der Waals surface area (Å²) in [4.78, 5) is 0. The Hall–Kier alpha value is -6.09. The van der Waals surface area contributed by atoms with E-state index in [1.54, 1.807) is 0 Å². The molecule has 0 saturated heterocycles. The summed E-state index contributed by atoms with van der Waals surface area (Å²) in [6, 6.07) is 29.4. The Labute approximate surface area is 330 Å². The first kappa shape index (κ1) is 43.5. The fourth-order valence-corrected chi connectivity index (χ4v) is 9.26. The van der Waals surface area contributed by atoms with Gasteiger partial charge in [-0.05, 0) is 23.8 Å². The van der Waals surface area contributed by atoms with Gasteiger partial charge in [-0.25, -0.2) is 70.2 Å². The molecule has 0 spiro atoms. The highest BCUT2D eigenvalue weighted by atomic mass is 31.1. The van der Waals surface area contributed by atoms with Gasteiger partial charge in [0.25, 0.3) is 0 Å². The quantitative estimate of drug-likeness (QED) is 0.0495. The highest BCUT2D eigenvalue weighted by molar-refractivity contribution is 7.79. The monoisotopic (exact) mass is 869 g/mol. The number of hydrogen-bond acceptors (Lipinski definition) is 0. The standard InChI is InChI=1S/C24H4BF16.C18H15P/c26-5-1-9(30)17(34)21(38)13(5)25(14-6(27)2-10(31)18(35)22(14)39,15-7(28)3-11(32)19(36)23(15)40)16-8(29)4-12(33)20(37)24(16)41;1-4-10-16(11-5-1)19(17-12-6-2-7-13-17)18-14-8-3-9-15-18/h1-4H;1-15H/q-1;. The van der Waals surface area contributed by atoms with Crippen LogP contribution in [0.2, 0.25) is 0 Å². The molecule has 0 N–H and O–H groups in total. The molecule has 60 heavy (non-hydrogen) atoms. The van der Waals surface area contributed by atoms with Crippen LogP contribution in [0.3, 0.4) is 0 Å². The molecule has 0 aliphatic heterocycles. The number of hydrogen-bond donors (Lipinski definition) is 0. The fraction of sp³-hybridized carbons (Fsp3) is 0. The summed E-state index contributed by atoms with van der Waals surface area (Å²) in [6.07, 6.45) is -6.18. The van der Waals surface area contributed by atoms with Gasteiger partial charge in [0.1, 0.15) is 29.4 Å². The average Bonchev–Trinajstić information content (AvgIpc) is 3.22. The second-order valence-electron chi connectivity index (χ2n) is 12.7. The van der Waals surface area contributed by atoms with Crippen molar-refractivity contribution in [3.05, 3.63) is 208 Å².